The fraction of sp³-hybridized carbons (Fsp3) is 0.821. The Hall–Kier alpha value is -1.01. The number of hydrogen-bond donors (Lipinski definition) is 4. The van der Waals surface area contributed by atoms with Crippen molar-refractivity contribution in [1.82, 2.24) is 0 Å². The van der Waals surface area contributed by atoms with Gasteiger partial charge in [-0.05, 0) is 86.5 Å². The van der Waals surface area contributed by atoms with Crippen LogP contribution in [0, 0.1) is 46.3 Å². The maximum Gasteiger partial charge on any atom is 0.174 e. The van der Waals surface area contributed by atoms with E-state index in [4.69, 9.17) is 0 Å². The standard InChI is InChI=1S/C28H44O5/c1-15(2)16(3)7-8-17(4)19-9-10-20-18-13-23(31)28(33)12-11-21(29)25(32)27(28,6)24(18)22(30)14-26(19,20)5/h11-12,15,17-24,29-31,33H,3,7-10,13-14H2,1-2,4-6H3/t17?,18-,19+,20?,21+,22?,23+,24?,26+,27-,28?/m0/s1. The highest BCUT2D eigenvalue weighted by atomic mass is 16.3. The maximum absolute atomic E-state index is 13.3. The van der Waals surface area contributed by atoms with E-state index >= 15 is 0 Å². The van der Waals surface area contributed by atoms with Gasteiger partial charge in [0.2, 0.25) is 0 Å². The third-order valence-electron chi connectivity index (χ3n) is 10.8. The van der Waals surface area contributed by atoms with E-state index < -0.39 is 41.0 Å². The molecule has 0 aliphatic heterocycles. The minimum absolute atomic E-state index is 0.0653. The van der Waals surface area contributed by atoms with Crippen molar-refractivity contribution < 1.29 is 25.2 Å². The number of aliphatic hydroxyl groups is 4. The van der Waals surface area contributed by atoms with E-state index in [0.717, 1.165) is 25.7 Å². The third kappa shape index (κ3) is 3.44. The molecule has 4 aliphatic carbocycles. The normalized spacial score (nSPS) is 50.0. The van der Waals surface area contributed by atoms with E-state index in [-0.39, 0.29) is 17.3 Å². The van der Waals surface area contributed by atoms with Gasteiger partial charge >= 0.3 is 0 Å². The van der Waals surface area contributed by atoms with Crippen LogP contribution in [0.25, 0.3) is 0 Å². The zero-order valence-corrected chi connectivity index (χ0v) is 21.0. The van der Waals surface area contributed by atoms with Gasteiger partial charge in [0, 0.05) is 5.92 Å². The minimum Gasteiger partial charge on any atom is -0.393 e. The summed E-state index contributed by atoms with van der Waals surface area (Å²) in [6, 6.07) is 0. The van der Waals surface area contributed by atoms with Crippen LogP contribution >= 0.6 is 0 Å². The summed E-state index contributed by atoms with van der Waals surface area (Å²) in [5.74, 6) is 0.702. The smallest absolute Gasteiger partial charge is 0.174 e. The van der Waals surface area contributed by atoms with Crippen molar-refractivity contribution in [3.8, 4) is 0 Å². The van der Waals surface area contributed by atoms with Gasteiger partial charge < -0.3 is 20.4 Å². The van der Waals surface area contributed by atoms with Gasteiger partial charge in [0.1, 0.15) is 11.7 Å². The van der Waals surface area contributed by atoms with Gasteiger partial charge in [-0.15, -0.1) is 0 Å². The third-order valence-corrected chi connectivity index (χ3v) is 10.8. The summed E-state index contributed by atoms with van der Waals surface area (Å²) in [5.41, 5.74) is -1.96. The molecule has 4 aliphatic rings. The lowest BCUT2D eigenvalue weighted by Crippen LogP contribution is -2.73. The van der Waals surface area contributed by atoms with Crippen molar-refractivity contribution in [3.05, 3.63) is 24.3 Å². The second-order valence-electron chi connectivity index (χ2n) is 12.5. The number of ketones is 1. The van der Waals surface area contributed by atoms with Crippen LogP contribution in [0.1, 0.15) is 73.1 Å². The predicted molar refractivity (Wildman–Crippen MR) is 128 cm³/mol. The zero-order valence-electron chi connectivity index (χ0n) is 21.0. The average Bonchev–Trinajstić information content (AvgIpc) is 3.08. The van der Waals surface area contributed by atoms with Crippen LogP contribution in [0.15, 0.2) is 24.3 Å². The molecule has 186 valence electrons. The number of carbonyl (C=O) groups is 1. The molecule has 0 aromatic rings. The number of carbonyl (C=O) groups excluding carboxylic acids is 1. The first kappa shape index (κ1) is 25.1. The number of aliphatic hydroxyl groups excluding tert-OH is 3. The van der Waals surface area contributed by atoms with Crippen molar-refractivity contribution in [1.29, 1.82) is 0 Å². The summed E-state index contributed by atoms with van der Waals surface area (Å²) >= 11 is 0. The molecule has 33 heavy (non-hydrogen) atoms. The molecule has 0 radical (unpaired) electrons. The fourth-order valence-electron chi connectivity index (χ4n) is 8.70. The van der Waals surface area contributed by atoms with E-state index in [9.17, 15) is 25.2 Å². The van der Waals surface area contributed by atoms with Crippen LogP contribution in [0.5, 0.6) is 0 Å². The molecule has 0 spiro atoms. The summed E-state index contributed by atoms with van der Waals surface area (Å²) < 4.78 is 0. The van der Waals surface area contributed by atoms with Crippen LogP contribution < -0.4 is 0 Å². The summed E-state index contributed by atoms with van der Waals surface area (Å²) in [6.07, 6.45) is 4.67. The Morgan fingerprint density at radius 3 is 2.48 bits per heavy atom. The zero-order chi connectivity index (χ0) is 24.5. The minimum atomic E-state index is -1.76. The first-order valence-electron chi connectivity index (χ1n) is 13.0. The Labute approximate surface area is 199 Å². The van der Waals surface area contributed by atoms with Gasteiger partial charge in [0.25, 0.3) is 0 Å². The maximum atomic E-state index is 13.3. The Balaban J connectivity index is 1.64. The molecule has 3 fully saturated rings. The Morgan fingerprint density at radius 1 is 1.18 bits per heavy atom. The van der Waals surface area contributed by atoms with Crippen molar-refractivity contribution >= 4 is 5.78 Å². The molecule has 4 N–H and O–H groups in total. The number of hydrogen-bond acceptors (Lipinski definition) is 5. The van der Waals surface area contributed by atoms with E-state index in [1.165, 1.54) is 17.7 Å². The molecule has 11 atom stereocenters. The van der Waals surface area contributed by atoms with Crippen LogP contribution in [0.2, 0.25) is 0 Å². The quantitative estimate of drug-likeness (QED) is 0.470. The molecule has 0 saturated heterocycles. The molecule has 3 saturated carbocycles. The summed E-state index contributed by atoms with van der Waals surface area (Å²) in [4.78, 5) is 13.3. The first-order chi connectivity index (χ1) is 15.3. The van der Waals surface area contributed by atoms with Gasteiger partial charge in [-0.1, -0.05) is 45.9 Å². The molecule has 5 heteroatoms. The summed E-state index contributed by atoms with van der Waals surface area (Å²) in [6.45, 7) is 14.9. The van der Waals surface area contributed by atoms with Crippen molar-refractivity contribution in [2.75, 3.05) is 0 Å². The van der Waals surface area contributed by atoms with Crippen LogP contribution in [0.3, 0.4) is 0 Å². The number of fused-ring (bicyclic) bond motifs is 5. The number of allylic oxidation sites excluding steroid dienone is 1. The van der Waals surface area contributed by atoms with Gasteiger partial charge in [0.15, 0.2) is 5.78 Å². The second kappa shape index (κ2) is 8.29. The lowest BCUT2D eigenvalue weighted by molar-refractivity contribution is -0.241. The highest BCUT2D eigenvalue weighted by Gasteiger charge is 2.71. The molecule has 0 heterocycles. The molecule has 0 aromatic carbocycles. The lowest BCUT2D eigenvalue weighted by Gasteiger charge is -2.64. The van der Waals surface area contributed by atoms with Crippen molar-refractivity contribution in [3.63, 3.8) is 0 Å². The van der Waals surface area contributed by atoms with Gasteiger partial charge in [0.05, 0.1) is 17.6 Å². The topological polar surface area (TPSA) is 98.0 Å². The molecule has 5 unspecified atom stereocenters. The molecule has 0 amide bonds. The first-order valence-corrected chi connectivity index (χ1v) is 13.0. The lowest BCUT2D eigenvalue weighted by atomic mass is 9.42. The molecule has 4 rings (SSSR count). The summed E-state index contributed by atoms with van der Waals surface area (Å²) in [7, 11) is 0. The molecular weight excluding hydrogens is 416 g/mol. The van der Waals surface area contributed by atoms with Crippen LogP contribution in [-0.4, -0.2) is 50.1 Å². The van der Waals surface area contributed by atoms with Gasteiger partial charge in [-0.25, -0.2) is 0 Å². The number of rotatable bonds is 5. The van der Waals surface area contributed by atoms with E-state index in [1.807, 2.05) is 0 Å². The monoisotopic (exact) mass is 460 g/mol. The highest BCUT2D eigenvalue weighted by Crippen LogP contribution is 2.68. The van der Waals surface area contributed by atoms with E-state index in [1.54, 1.807) is 6.92 Å². The van der Waals surface area contributed by atoms with Crippen molar-refractivity contribution in [2.24, 2.45) is 46.3 Å². The fourth-order valence-corrected chi connectivity index (χ4v) is 8.70. The molecular formula is C28H44O5. The van der Waals surface area contributed by atoms with Gasteiger partial charge in [-0.2, -0.15) is 0 Å². The Bertz CT molecular complexity index is 834. The Kier molecular flexibility index (Phi) is 6.30. The largest absolute Gasteiger partial charge is 0.393 e. The number of Topliss-reactive ketones (excluding diaryl/α,β-unsaturated/α-hetero) is 1. The SMILES string of the molecule is C=C(CCC(C)[C@H]1CCC2[C@@H]3C[C@@H](O)C4(O)C=C[C@@H](O)C(=O)[C@]4(C)C3C(O)C[C@@]21C)C(C)C. The molecule has 0 aromatic heterocycles. The van der Waals surface area contributed by atoms with Crippen LogP contribution in [-0.2, 0) is 4.79 Å². The van der Waals surface area contributed by atoms with Crippen molar-refractivity contribution in [2.45, 2.75) is 97.1 Å². The summed E-state index contributed by atoms with van der Waals surface area (Å²) in [5, 5.41) is 44.5. The highest BCUT2D eigenvalue weighted by molar-refractivity contribution is 5.93. The van der Waals surface area contributed by atoms with Crippen LogP contribution in [0.4, 0.5) is 0 Å². The van der Waals surface area contributed by atoms with E-state index in [2.05, 4.69) is 34.3 Å². The van der Waals surface area contributed by atoms with Gasteiger partial charge in [-0.3, -0.25) is 4.79 Å². The average molecular weight is 461 g/mol. The molecule has 5 nitrogen and oxygen atoms in total. The Morgan fingerprint density at radius 2 is 1.85 bits per heavy atom. The predicted octanol–water partition coefficient (Wildman–Crippen LogP) is 3.65. The second-order valence-corrected chi connectivity index (χ2v) is 12.5. The van der Waals surface area contributed by atoms with E-state index in [0.29, 0.717) is 30.6 Å². The molecule has 0 bridgehead atoms.